The number of halogens is 1. The van der Waals surface area contributed by atoms with Crippen LogP contribution in [-0.4, -0.2) is 6.04 Å². The third-order valence-electron chi connectivity index (χ3n) is 2.63. The van der Waals surface area contributed by atoms with Crippen molar-refractivity contribution >= 4 is 11.6 Å². The smallest absolute Gasteiger partial charge is 0.0441 e. The largest absolute Gasteiger partial charge is 0.327 e. The van der Waals surface area contributed by atoms with E-state index in [1.807, 2.05) is 18.2 Å². The van der Waals surface area contributed by atoms with Crippen molar-refractivity contribution in [2.24, 2.45) is 5.73 Å². The minimum Gasteiger partial charge on any atom is -0.327 e. The Morgan fingerprint density at radius 1 is 1.25 bits per heavy atom. The molecule has 0 radical (unpaired) electrons. The molecule has 1 nitrogen and oxygen atoms in total. The Morgan fingerprint density at radius 3 is 2.50 bits per heavy atom. The SMILES string of the molecule is N[C@@H]1CC[C@H]1c1ccccc1Cl. The summed E-state index contributed by atoms with van der Waals surface area (Å²) >= 11 is 6.04. The van der Waals surface area contributed by atoms with Crippen molar-refractivity contribution in [3.63, 3.8) is 0 Å². The molecule has 0 aliphatic heterocycles. The van der Waals surface area contributed by atoms with Crippen LogP contribution in [0, 0.1) is 0 Å². The molecule has 1 aliphatic rings. The molecule has 1 aliphatic carbocycles. The number of hydrogen-bond acceptors (Lipinski definition) is 1. The first-order chi connectivity index (χ1) is 5.79. The van der Waals surface area contributed by atoms with Crippen LogP contribution < -0.4 is 5.73 Å². The van der Waals surface area contributed by atoms with Crippen LogP contribution in [0.15, 0.2) is 24.3 Å². The third kappa shape index (κ3) is 1.23. The van der Waals surface area contributed by atoms with Gasteiger partial charge in [0.05, 0.1) is 0 Å². The lowest BCUT2D eigenvalue weighted by atomic mass is 9.76. The van der Waals surface area contributed by atoms with Crippen LogP contribution in [0.2, 0.25) is 5.02 Å². The number of benzene rings is 1. The Hall–Kier alpha value is -0.530. The summed E-state index contributed by atoms with van der Waals surface area (Å²) in [5.41, 5.74) is 7.09. The summed E-state index contributed by atoms with van der Waals surface area (Å²) < 4.78 is 0. The molecular weight excluding hydrogens is 170 g/mol. The van der Waals surface area contributed by atoms with Gasteiger partial charge in [-0.15, -0.1) is 0 Å². The van der Waals surface area contributed by atoms with E-state index in [0.717, 1.165) is 11.4 Å². The van der Waals surface area contributed by atoms with Crippen LogP contribution in [0.25, 0.3) is 0 Å². The molecule has 1 fully saturated rings. The lowest BCUT2D eigenvalue weighted by Crippen LogP contribution is -2.37. The van der Waals surface area contributed by atoms with Gasteiger partial charge in [-0.2, -0.15) is 0 Å². The van der Waals surface area contributed by atoms with E-state index in [2.05, 4.69) is 6.07 Å². The first kappa shape index (κ1) is 8.09. The molecule has 0 bridgehead atoms. The van der Waals surface area contributed by atoms with Gasteiger partial charge in [0.1, 0.15) is 0 Å². The van der Waals surface area contributed by atoms with Gasteiger partial charge in [-0.3, -0.25) is 0 Å². The topological polar surface area (TPSA) is 26.0 Å². The highest BCUT2D eigenvalue weighted by Gasteiger charge is 2.29. The van der Waals surface area contributed by atoms with Crippen molar-refractivity contribution in [2.45, 2.75) is 24.8 Å². The van der Waals surface area contributed by atoms with Crippen LogP contribution in [-0.2, 0) is 0 Å². The molecule has 0 spiro atoms. The lowest BCUT2D eigenvalue weighted by Gasteiger charge is -2.34. The number of nitrogens with two attached hydrogens (primary N) is 1. The molecule has 0 saturated heterocycles. The molecule has 0 amide bonds. The number of hydrogen-bond donors (Lipinski definition) is 1. The molecule has 2 N–H and O–H groups in total. The van der Waals surface area contributed by atoms with Gasteiger partial charge in [0, 0.05) is 17.0 Å². The molecule has 2 heteroatoms. The van der Waals surface area contributed by atoms with Crippen molar-refractivity contribution in [1.82, 2.24) is 0 Å². The van der Waals surface area contributed by atoms with Crippen molar-refractivity contribution < 1.29 is 0 Å². The minimum absolute atomic E-state index is 0.324. The summed E-state index contributed by atoms with van der Waals surface area (Å²) in [7, 11) is 0. The van der Waals surface area contributed by atoms with Crippen molar-refractivity contribution in [2.75, 3.05) is 0 Å². The summed E-state index contributed by atoms with van der Waals surface area (Å²) in [6, 6.07) is 8.31. The Labute approximate surface area is 77.5 Å². The van der Waals surface area contributed by atoms with E-state index in [-0.39, 0.29) is 0 Å². The third-order valence-corrected chi connectivity index (χ3v) is 2.98. The molecule has 12 heavy (non-hydrogen) atoms. The Balaban J connectivity index is 2.27. The van der Waals surface area contributed by atoms with Crippen LogP contribution in [0.5, 0.6) is 0 Å². The van der Waals surface area contributed by atoms with Gasteiger partial charge in [-0.1, -0.05) is 29.8 Å². The lowest BCUT2D eigenvalue weighted by molar-refractivity contribution is 0.347. The monoisotopic (exact) mass is 181 g/mol. The molecule has 64 valence electrons. The zero-order valence-electron chi connectivity index (χ0n) is 6.83. The second-order valence-corrected chi connectivity index (χ2v) is 3.78. The fraction of sp³-hybridized carbons (Fsp3) is 0.400. The maximum Gasteiger partial charge on any atom is 0.0441 e. The predicted octanol–water partition coefficient (Wildman–Crippen LogP) is 2.54. The van der Waals surface area contributed by atoms with Gasteiger partial charge < -0.3 is 5.73 Å². The minimum atomic E-state index is 0.324. The van der Waals surface area contributed by atoms with E-state index in [1.54, 1.807) is 0 Å². The first-order valence-electron chi connectivity index (χ1n) is 4.29. The van der Waals surface area contributed by atoms with Crippen molar-refractivity contribution in [3.05, 3.63) is 34.9 Å². The Kier molecular flexibility index (Phi) is 2.07. The fourth-order valence-electron chi connectivity index (χ4n) is 1.69. The maximum absolute atomic E-state index is 6.04. The van der Waals surface area contributed by atoms with E-state index in [4.69, 9.17) is 17.3 Å². The zero-order valence-corrected chi connectivity index (χ0v) is 7.59. The average molecular weight is 182 g/mol. The fourth-order valence-corrected chi connectivity index (χ4v) is 1.96. The normalized spacial score (nSPS) is 28.2. The molecule has 2 atom stereocenters. The number of rotatable bonds is 1. The van der Waals surface area contributed by atoms with Crippen LogP contribution in [0.4, 0.5) is 0 Å². The molecule has 0 aromatic heterocycles. The highest BCUT2D eigenvalue weighted by molar-refractivity contribution is 6.31. The average Bonchev–Trinajstić information content (AvgIpc) is 2.06. The van der Waals surface area contributed by atoms with E-state index in [9.17, 15) is 0 Å². The van der Waals surface area contributed by atoms with Crippen LogP contribution in [0.1, 0.15) is 24.3 Å². The summed E-state index contributed by atoms with van der Waals surface area (Å²) in [6.07, 6.45) is 2.32. The second kappa shape index (κ2) is 3.08. The van der Waals surface area contributed by atoms with E-state index < -0.39 is 0 Å². The van der Waals surface area contributed by atoms with Gasteiger partial charge in [-0.25, -0.2) is 0 Å². The first-order valence-corrected chi connectivity index (χ1v) is 4.67. The molecule has 1 aromatic carbocycles. The van der Waals surface area contributed by atoms with Crippen molar-refractivity contribution in [1.29, 1.82) is 0 Å². The zero-order chi connectivity index (χ0) is 8.55. The van der Waals surface area contributed by atoms with Gasteiger partial charge in [0.15, 0.2) is 0 Å². The Bertz CT molecular complexity index is 285. The van der Waals surface area contributed by atoms with E-state index >= 15 is 0 Å². The molecule has 0 heterocycles. The Morgan fingerprint density at radius 2 is 2.00 bits per heavy atom. The van der Waals surface area contributed by atoms with E-state index in [0.29, 0.717) is 12.0 Å². The predicted molar refractivity (Wildman–Crippen MR) is 51.4 cm³/mol. The van der Waals surface area contributed by atoms with Crippen molar-refractivity contribution in [3.8, 4) is 0 Å². The van der Waals surface area contributed by atoms with Gasteiger partial charge in [0.25, 0.3) is 0 Å². The highest BCUT2D eigenvalue weighted by Crippen LogP contribution is 2.38. The van der Waals surface area contributed by atoms with E-state index in [1.165, 1.54) is 12.0 Å². The van der Waals surface area contributed by atoms with Gasteiger partial charge in [0.2, 0.25) is 0 Å². The summed E-state index contributed by atoms with van der Waals surface area (Å²) in [5, 5.41) is 0.859. The molecular formula is C10H12ClN. The summed E-state index contributed by atoms with van der Waals surface area (Å²) in [6.45, 7) is 0. The van der Waals surface area contributed by atoms with Crippen LogP contribution >= 0.6 is 11.6 Å². The van der Waals surface area contributed by atoms with Gasteiger partial charge >= 0.3 is 0 Å². The summed E-state index contributed by atoms with van der Waals surface area (Å²) in [5.74, 6) is 0.499. The second-order valence-electron chi connectivity index (χ2n) is 3.37. The molecule has 1 saturated carbocycles. The highest BCUT2D eigenvalue weighted by atomic mass is 35.5. The molecule has 0 unspecified atom stereocenters. The maximum atomic E-state index is 6.04. The summed E-state index contributed by atoms with van der Waals surface area (Å²) in [4.78, 5) is 0. The van der Waals surface area contributed by atoms with Crippen LogP contribution in [0.3, 0.4) is 0 Å². The quantitative estimate of drug-likeness (QED) is 0.708. The van der Waals surface area contributed by atoms with Gasteiger partial charge in [-0.05, 0) is 24.5 Å². The standard InChI is InChI=1S/C10H12ClN/c11-9-4-2-1-3-7(9)8-5-6-10(8)12/h1-4,8,10H,5-6,12H2/t8-,10+/m0/s1. The molecule has 2 rings (SSSR count). The molecule has 1 aromatic rings.